The number of rotatable bonds is 4. The van der Waals surface area contributed by atoms with E-state index in [2.05, 4.69) is 19.6 Å². The lowest BCUT2D eigenvalue weighted by Gasteiger charge is -2.05. The molecule has 0 aliphatic carbocycles. The summed E-state index contributed by atoms with van der Waals surface area (Å²) >= 11 is 4.14. The fraction of sp³-hybridized carbons (Fsp3) is 1.00. The summed E-state index contributed by atoms with van der Waals surface area (Å²) < 4.78 is 4.92. The summed E-state index contributed by atoms with van der Waals surface area (Å²) in [6, 6.07) is 0. The summed E-state index contributed by atoms with van der Waals surface area (Å²) in [5, 5.41) is 0. The molecule has 0 saturated carbocycles. The van der Waals surface area contributed by atoms with Gasteiger partial charge in [0.25, 0.3) is 0 Å². The van der Waals surface area contributed by atoms with Gasteiger partial charge in [-0.1, -0.05) is 19.8 Å². The lowest BCUT2D eigenvalue weighted by Crippen LogP contribution is -1.99. The van der Waals surface area contributed by atoms with Gasteiger partial charge in [-0.15, -0.1) is 12.6 Å². The number of ether oxygens (including phenoxy) is 1. The molecule has 50 valence electrons. The summed E-state index contributed by atoms with van der Waals surface area (Å²) in [4.78, 5) is 0. The van der Waals surface area contributed by atoms with Crippen LogP contribution in [-0.2, 0) is 4.74 Å². The Bertz CT molecular complexity index is 47.8. The Morgan fingerprint density at radius 3 is 2.62 bits per heavy atom. The maximum absolute atomic E-state index is 4.92. The topological polar surface area (TPSA) is 9.23 Å². The van der Waals surface area contributed by atoms with Crippen molar-refractivity contribution in [2.75, 3.05) is 7.11 Å². The van der Waals surface area contributed by atoms with Gasteiger partial charge >= 0.3 is 0 Å². The van der Waals surface area contributed by atoms with Gasteiger partial charge in [-0.3, -0.25) is 0 Å². The first-order valence-electron chi connectivity index (χ1n) is 3.02. The highest BCUT2D eigenvalue weighted by Crippen LogP contribution is 2.05. The minimum atomic E-state index is 0.148. The van der Waals surface area contributed by atoms with Crippen molar-refractivity contribution < 1.29 is 4.74 Å². The number of hydrogen-bond donors (Lipinski definition) is 1. The molecule has 0 bridgehead atoms. The van der Waals surface area contributed by atoms with E-state index < -0.39 is 0 Å². The summed E-state index contributed by atoms with van der Waals surface area (Å²) in [5.41, 5.74) is 0.148. The smallest absolute Gasteiger partial charge is 0.0995 e. The molecule has 1 unspecified atom stereocenters. The van der Waals surface area contributed by atoms with E-state index in [9.17, 15) is 0 Å². The molecule has 0 heterocycles. The maximum atomic E-state index is 4.92. The first kappa shape index (κ1) is 8.31. The molecule has 0 N–H and O–H groups in total. The molecule has 0 spiro atoms. The molecule has 0 aromatic rings. The zero-order valence-corrected chi connectivity index (χ0v) is 6.45. The van der Waals surface area contributed by atoms with Crippen LogP contribution in [0.15, 0.2) is 0 Å². The number of methoxy groups -OCH3 is 1. The van der Waals surface area contributed by atoms with Crippen molar-refractivity contribution >= 4 is 12.6 Å². The van der Waals surface area contributed by atoms with E-state index in [0.717, 1.165) is 6.42 Å². The van der Waals surface area contributed by atoms with E-state index in [4.69, 9.17) is 4.74 Å². The highest BCUT2D eigenvalue weighted by molar-refractivity contribution is 7.80. The lowest BCUT2D eigenvalue weighted by molar-refractivity contribution is 0.165. The van der Waals surface area contributed by atoms with Crippen molar-refractivity contribution in [1.29, 1.82) is 0 Å². The van der Waals surface area contributed by atoms with E-state index >= 15 is 0 Å². The number of thiol groups is 1. The van der Waals surface area contributed by atoms with Crippen molar-refractivity contribution in [3.63, 3.8) is 0 Å². The Kier molecular flexibility index (Phi) is 5.66. The molecule has 0 rings (SSSR count). The van der Waals surface area contributed by atoms with Gasteiger partial charge in [0.2, 0.25) is 0 Å². The van der Waals surface area contributed by atoms with Gasteiger partial charge in [0.05, 0.1) is 5.44 Å². The number of unbranched alkanes of at least 4 members (excludes halogenated alkanes) is 1. The molecular formula is C6H14OS. The quantitative estimate of drug-likeness (QED) is 0.457. The molecule has 0 amide bonds. The molecule has 1 atom stereocenters. The third-order valence-corrected chi connectivity index (χ3v) is 1.55. The molecule has 0 fully saturated rings. The second-order valence-corrected chi connectivity index (χ2v) is 2.41. The largest absolute Gasteiger partial charge is 0.371 e. The van der Waals surface area contributed by atoms with Gasteiger partial charge in [0, 0.05) is 7.11 Å². The highest BCUT2D eigenvalue weighted by Gasteiger charge is 1.95. The zero-order chi connectivity index (χ0) is 6.41. The van der Waals surface area contributed by atoms with Crippen LogP contribution in [0.2, 0.25) is 0 Å². The van der Waals surface area contributed by atoms with Crippen molar-refractivity contribution in [3.05, 3.63) is 0 Å². The summed E-state index contributed by atoms with van der Waals surface area (Å²) in [7, 11) is 1.69. The monoisotopic (exact) mass is 134 g/mol. The third kappa shape index (κ3) is 4.47. The maximum Gasteiger partial charge on any atom is 0.0995 e. The van der Waals surface area contributed by atoms with Gasteiger partial charge in [-0.2, -0.15) is 0 Å². The van der Waals surface area contributed by atoms with E-state index in [1.807, 2.05) is 0 Å². The van der Waals surface area contributed by atoms with Crippen LogP contribution in [0.4, 0.5) is 0 Å². The van der Waals surface area contributed by atoms with E-state index in [1.54, 1.807) is 7.11 Å². The van der Waals surface area contributed by atoms with Crippen molar-refractivity contribution in [2.24, 2.45) is 0 Å². The highest BCUT2D eigenvalue weighted by atomic mass is 32.1. The van der Waals surface area contributed by atoms with Gasteiger partial charge < -0.3 is 4.74 Å². The first-order chi connectivity index (χ1) is 3.81. The molecule has 0 aromatic carbocycles. The Morgan fingerprint density at radius 1 is 1.62 bits per heavy atom. The van der Waals surface area contributed by atoms with Crippen LogP contribution in [0.25, 0.3) is 0 Å². The van der Waals surface area contributed by atoms with Crippen LogP contribution in [0, 0.1) is 0 Å². The van der Waals surface area contributed by atoms with Gasteiger partial charge in [-0.25, -0.2) is 0 Å². The predicted octanol–water partition coefficient (Wildman–Crippen LogP) is 2.08. The van der Waals surface area contributed by atoms with Crippen LogP contribution < -0.4 is 0 Å². The normalized spacial score (nSPS) is 13.9. The van der Waals surface area contributed by atoms with Crippen molar-refractivity contribution in [2.45, 2.75) is 31.6 Å². The fourth-order valence-electron chi connectivity index (χ4n) is 0.497. The van der Waals surface area contributed by atoms with Crippen LogP contribution >= 0.6 is 12.6 Å². The Hall–Kier alpha value is 0.310. The number of hydrogen-bond acceptors (Lipinski definition) is 2. The van der Waals surface area contributed by atoms with Crippen LogP contribution in [-0.4, -0.2) is 12.5 Å². The molecule has 0 aliphatic heterocycles. The summed E-state index contributed by atoms with van der Waals surface area (Å²) in [6.07, 6.45) is 3.50. The van der Waals surface area contributed by atoms with Gasteiger partial charge in [-0.05, 0) is 6.42 Å². The molecule has 8 heavy (non-hydrogen) atoms. The second kappa shape index (κ2) is 5.45. The zero-order valence-electron chi connectivity index (χ0n) is 5.55. The average molecular weight is 134 g/mol. The summed E-state index contributed by atoms with van der Waals surface area (Å²) in [6.45, 7) is 2.16. The van der Waals surface area contributed by atoms with E-state index in [1.165, 1.54) is 12.8 Å². The van der Waals surface area contributed by atoms with Crippen molar-refractivity contribution in [3.8, 4) is 0 Å². The molecule has 0 aromatic heterocycles. The molecule has 0 saturated heterocycles. The third-order valence-electron chi connectivity index (χ3n) is 1.08. The van der Waals surface area contributed by atoms with Crippen LogP contribution in [0.3, 0.4) is 0 Å². The van der Waals surface area contributed by atoms with Crippen LogP contribution in [0.5, 0.6) is 0 Å². The first-order valence-corrected chi connectivity index (χ1v) is 3.53. The Morgan fingerprint density at radius 2 is 2.25 bits per heavy atom. The predicted molar refractivity (Wildman–Crippen MR) is 39.3 cm³/mol. The summed E-state index contributed by atoms with van der Waals surface area (Å²) in [5.74, 6) is 0. The standard InChI is InChI=1S/C6H14OS/c1-3-4-5-6(8)7-2/h6,8H,3-5H2,1-2H3. The average Bonchev–Trinajstić information content (AvgIpc) is 1.83. The SMILES string of the molecule is CCCCC(S)OC. The molecule has 0 aliphatic rings. The minimum absolute atomic E-state index is 0.148. The molecule has 0 radical (unpaired) electrons. The minimum Gasteiger partial charge on any atom is -0.371 e. The molecule has 2 heteroatoms. The Labute approximate surface area is 56.8 Å². The van der Waals surface area contributed by atoms with E-state index in [0.29, 0.717) is 0 Å². The second-order valence-electron chi connectivity index (χ2n) is 1.83. The Balaban J connectivity index is 2.86. The molecular weight excluding hydrogens is 120 g/mol. The van der Waals surface area contributed by atoms with Gasteiger partial charge in [0.15, 0.2) is 0 Å². The van der Waals surface area contributed by atoms with Gasteiger partial charge in [0.1, 0.15) is 0 Å². The molecule has 1 nitrogen and oxygen atoms in total. The van der Waals surface area contributed by atoms with Crippen molar-refractivity contribution in [1.82, 2.24) is 0 Å². The lowest BCUT2D eigenvalue weighted by atomic mass is 10.3. The van der Waals surface area contributed by atoms with Crippen LogP contribution in [0.1, 0.15) is 26.2 Å². The van der Waals surface area contributed by atoms with E-state index in [-0.39, 0.29) is 5.44 Å². The fourth-order valence-corrected chi connectivity index (χ4v) is 0.679.